The van der Waals surface area contributed by atoms with Crippen LogP contribution < -0.4 is 5.32 Å². The Hall–Kier alpha value is 0.240. The molecule has 1 aliphatic rings. The molecule has 9 heavy (non-hydrogen) atoms. The van der Waals surface area contributed by atoms with Crippen LogP contribution in [0.4, 0.5) is 4.39 Å². The lowest BCUT2D eigenvalue weighted by molar-refractivity contribution is 0.283. The molecule has 0 amide bonds. The number of thiol groups is 1. The number of rotatable bonds is 1. The van der Waals surface area contributed by atoms with E-state index in [2.05, 4.69) is 17.9 Å². The van der Waals surface area contributed by atoms with E-state index in [1.54, 1.807) is 0 Å². The Kier molecular flexibility index (Phi) is 2.35. The molecule has 1 nitrogen and oxygen atoms in total. The maximum absolute atomic E-state index is 12.7. The van der Waals surface area contributed by atoms with Crippen molar-refractivity contribution in [2.45, 2.75) is 18.3 Å². The molecule has 3 heteroatoms. The van der Waals surface area contributed by atoms with E-state index >= 15 is 0 Å². The van der Waals surface area contributed by atoms with Crippen LogP contribution in [-0.4, -0.2) is 24.5 Å². The highest BCUT2D eigenvalue weighted by Gasteiger charge is 2.29. The Balaban J connectivity index is 2.40. The minimum atomic E-state index is -0.683. The minimum Gasteiger partial charge on any atom is -0.313 e. The molecule has 1 heterocycles. The van der Waals surface area contributed by atoms with Gasteiger partial charge in [0, 0.05) is 24.3 Å². The molecule has 0 aromatic carbocycles. The number of halogens is 1. The van der Waals surface area contributed by atoms with Crippen molar-refractivity contribution in [3.63, 3.8) is 0 Å². The lowest BCUT2D eigenvalue weighted by Crippen LogP contribution is -2.21. The molecule has 1 aliphatic heterocycles. The summed E-state index contributed by atoms with van der Waals surface area (Å²) in [5.74, 6) is 0.119. The maximum atomic E-state index is 12.7. The molecule has 3 atom stereocenters. The third-order valence-electron chi connectivity index (χ3n) is 1.80. The van der Waals surface area contributed by atoms with Crippen LogP contribution in [-0.2, 0) is 0 Å². The topological polar surface area (TPSA) is 12.0 Å². The van der Waals surface area contributed by atoms with E-state index < -0.39 is 6.17 Å². The Morgan fingerprint density at radius 3 is 2.56 bits per heavy atom. The van der Waals surface area contributed by atoms with Gasteiger partial charge in [-0.25, -0.2) is 4.39 Å². The molecule has 2 unspecified atom stereocenters. The number of hydrogen-bond donors (Lipinski definition) is 2. The standard InChI is InChI=1S/C6H12FNS/c1-4(9)5-2-8-3-6(5)7/h4-6,8-9H,2-3H2,1H3/t4?,5?,6-/m1/s1. The van der Waals surface area contributed by atoms with Crippen molar-refractivity contribution >= 4 is 12.6 Å². The van der Waals surface area contributed by atoms with Gasteiger partial charge in [-0.15, -0.1) is 0 Å². The number of alkyl halides is 1. The normalized spacial score (nSPS) is 39.0. The molecule has 0 spiro atoms. The lowest BCUT2D eigenvalue weighted by atomic mass is 10.0. The van der Waals surface area contributed by atoms with Crippen LogP contribution >= 0.6 is 12.6 Å². The molecule has 0 aromatic rings. The predicted octanol–water partition coefficient (Wildman–Crippen LogP) is 0.862. The van der Waals surface area contributed by atoms with Crippen molar-refractivity contribution in [3.8, 4) is 0 Å². The summed E-state index contributed by atoms with van der Waals surface area (Å²) in [6.07, 6.45) is -0.683. The molecular weight excluding hydrogens is 137 g/mol. The summed E-state index contributed by atoms with van der Waals surface area (Å²) in [6, 6.07) is 0. The molecule has 1 N–H and O–H groups in total. The van der Waals surface area contributed by atoms with E-state index in [0.29, 0.717) is 6.54 Å². The molecule has 1 rings (SSSR count). The van der Waals surface area contributed by atoms with Gasteiger partial charge in [0.15, 0.2) is 0 Å². The van der Waals surface area contributed by atoms with Crippen LogP contribution in [0.15, 0.2) is 0 Å². The Morgan fingerprint density at radius 2 is 2.33 bits per heavy atom. The molecule has 0 radical (unpaired) electrons. The van der Waals surface area contributed by atoms with Gasteiger partial charge in [-0.05, 0) is 0 Å². The monoisotopic (exact) mass is 149 g/mol. The first-order valence-electron chi connectivity index (χ1n) is 3.24. The van der Waals surface area contributed by atoms with Gasteiger partial charge in [-0.1, -0.05) is 6.92 Å². The highest BCUT2D eigenvalue weighted by atomic mass is 32.1. The van der Waals surface area contributed by atoms with Crippen molar-refractivity contribution in [1.29, 1.82) is 0 Å². The third kappa shape index (κ3) is 1.58. The largest absolute Gasteiger partial charge is 0.313 e. The van der Waals surface area contributed by atoms with Crippen molar-refractivity contribution < 1.29 is 4.39 Å². The van der Waals surface area contributed by atoms with Gasteiger partial charge in [0.2, 0.25) is 0 Å². The molecule has 54 valence electrons. The van der Waals surface area contributed by atoms with Crippen molar-refractivity contribution in [2.75, 3.05) is 13.1 Å². The van der Waals surface area contributed by atoms with Crippen molar-refractivity contribution in [3.05, 3.63) is 0 Å². The van der Waals surface area contributed by atoms with Gasteiger partial charge >= 0.3 is 0 Å². The Labute approximate surface area is 60.4 Å². The van der Waals surface area contributed by atoms with Crippen LogP contribution in [0.1, 0.15) is 6.92 Å². The van der Waals surface area contributed by atoms with E-state index in [1.807, 2.05) is 6.92 Å². The van der Waals surface area contributed by atoms with Gasteiger partial charge in [0.1, 0.15) is 6.17 Å². The number of hydrogen-bond acceptors (Lipinski definition) is 2. The second kappa shape index (κ2) is 2.88. The van der Waals surface area contributed by atoms with Gasteiger partial charge in [0.05, 0.1) is 0 Å². The summed E-state index contributed by atoms with van der Waals surface area (Å²) in [7, 11) is 0. The zero-order valence-electron chi connectivity index (χ0n) is 5.47. The average Bonchev–Trinajstić information content (AvgIpc) is 2.13. The van der Waals surface area contributed by atoms with Gasteiger partial charge in [-0.2, -0.15) is 12.6 Å². The van der Waals surface area contributed by atoms with Crippen LogP contribution in [0, 0.1) is 5.92 Å². The molecule has 0 saturated carbocycles. The quantitative estimate of drug-likeness (QED) is 0.527. The van der Waals surface area contributed by atoms with Gasteiger partial charge < -0.3 is 5.32 Å². The molecule has 1 saturated heterocycles. The predicted molar refractivity (Wildman–Crippen MR) is 39.7 cm³/mol. The van der Waals surface area contributed by atoms with E-state index in [1.165, 1.54) is 0 Å². The van der Waals surface area contributed by atoms with Gasteiger partial charge in [-0.3, -0.25) is 0 Å². The molecule has 0 bridgehead atoms. The first kappa shape index (κ1) is 7.35. The van der Waals surface area contributed by atoms with E-state index in [-0.39, 0.29) is 11.2 Å². The van der Waals surface area contributed by atoms with Crippen LogP contribution in [0.2, 0.25) is 0 Å². The fourth-order valence-corrected chi connectivity index (χ4v) is 1.43. The van der Waals surface area contributed by atoms with Crippen LogP contribution in [0.5, 0.6) is 0 Å². The molecule has 1 fully saturated rings. The fraction of sp³-hybridized carbons (Fsp3) is 1.00. The van der Waals surface area contributed by atoms with Crippen molar-refractivity contribution in [2.24, 2.45) is 5.92 Å². The minimum absolute atomic E-state index is 0.119. The summed E-state index contributed by atoms with van der Waals surface area (Å²) in [6.45, 7) is 3.23. The summed E-state index contributed by atoms with van der Waals surface area (Å²) in [4.78, 5) is 0. The Bertz CT molecular complexity index is 97.1. The Morgan fingerprint density at radius 1 is 1.67 bits per heavy atom. The van der Waals surface area contributed by atoms with Crippen LogP contribution in [0.25, 0.3) is 0 Å². The smallest absolute Gasteiger partial charge is 0.118 e. The zero-order valence-corrected chi connectivity index (χ0v) is 6.37. The third-order valence-corrected chi connectivity index (χ3v) is 2.19. The average molecular weight is 149 g/mol. The summed E-state index contributed by atoms with van der Waals surface area (Å²) in [5.41, 5.74) is 0. The first-order valence-corrected chi connectivity index (χ1v) is 3.76. The fourth-order valence-electron chi connectivity index (χ4n) is 1.14. The molecule has 0 aromatic heterocycles. The van der Waals surface area contributed by atoms with Crippen LogP contribution in [0.3, 0.4) is 0 Å². The highest BCUT2D eigenvalue weighted by molar-refractivity contribution is 7.80. The second-order valence-corrected chi connectivity index (χ2v) is 3.39. The SMILES string of the molecule is CC(S)C1CNC[C@H]1F. The summed E-state index contributed by atoms with van der Waals surface area (Å²) in [5, 5.41) is 3.16. The maximum Gasteiger partial charge on any atom is 0.118 e. The number of nitrogens with one attached hydrogen (secondary N) is 1. The molecule has 0 aliphatic carbocycles. The zero-order chi connectivity index (χ0) is 6.85. The van der Waals surface area contributed by atoms with E-state index in [9.17, 15) is 4.39 Å². The van der Waals surface area contributed by atoms with E-state index in [4.69, 9.17) is 0 Å². The summed E-state index contributed by atoms with van der Waals surface area (Å²) >= 11 is 4.17. The highest BCUT2D eigenvalue weighted by Crippen LogP contribution is 2.19. The van der Waals surface area contributed by atoms with E-state index in [0.717, 1.165) is 6.54 Å². The molecular formula is C6H12FNS. The lowest BCUT2D eigenvalue weighted by Gasteiger charge is -2.13. The second-order valence-electron chi connectivity index (χ2n) is 2.58. The summed E-state index contributed by atoms with van der Waals surface area (Å²) < 4.78 is 12.7. The van der Waals surface area contributed by atoms with Gasteiger partial charge in [0.25, 0.3) is 0 Å². The first-order chi connectivity index (χ1) is 4.22. The van der Waals surface area contributed by atoms with Crippen molar-refractivity contribution in [1.82, 2.24) is 5.32 Å².